The summed E-state index contributed by atoms with van der Waals surface area (Å²) in [6, 6.07) is 7.67. The van der Waals surface area contributed by atoms with E-state index in [0.29, 0.717) is 29.0 Å². The molecule has 1 aliphatic heterocycles. The maximum Gasteiger partial charge on any atom is 0.124 e. The van der Waals surface area contributed by atoms with E-state index in [4.69, 9.17) is 11.5 Å². The van der Waals surface area contributed by atoms with Crippen LogP contribution in [0.4, 0.5) is 5.82 Å². The number of nitrogen functional groups attached to an aromatic ring is 1. The summed E-state index contributed by atoms with van der Waals surface area (Å²) in [5.74, 6) is 1.44. The van der Waals surface area contributed by atoms with Crippen LogP contribution in [0.1, 0.15) is 47.6 Å². The van der Waals surface area contributed by atoms with Crippen LogP contribution in [0, 0.1) is 0 Å². The van der Waals surface area contributed by atoms with Crippen molar-refractivity contribution in [3.8, 4) is 5.75 Å². The van der Waals surface area contributed by atoms with Gasteiger partial charge in [0.2, 0.25) is 0 Å². The van der Waals surface area contributed by atoms with E-state index in [-0.39, 0.29) is 5.75 Å². The molecule has 1 atom stereocenters. The Morgan fingerprint density at radius 2 is 2.00 bits per heavy atom. The first kappa shape index (κ1) is 15.1. The maximum atomic E-state index is 10.0. The van der Waals surface area contributed by atoms with E-state index >= 15 is 0 Å². The lowest BCUT2D eigenvalue weighted by atomic mass is 9.96. The molecular weight excluding hydrogens is 300 g/mol. The average Bonchev–Trinajstić information content (AvgIpc) is 3.30. The molecule has 1 saturated carbocycles. The number of para-hydroxylation sites is 1. The molecule has 2 fully saturated rings. The Hall–Kier alpha value is -2.40. The lowest BCUT2D eigenvalue weighted by molar-refractivity contribution is 0.366. The monoisotopic (exact) mass is 324 g/mol. The SMILES string of the molecule is N/C(=C\c1c(N)[nH]c(CC2CCN2)c1C1CC1)c1ccccc1O. The van der Waals surface area contributed by atoms with Gasteiger partial charge in [-0.25, -0.2) is 0 Å². The van der Waals surface area contributed by atoms with E-state index in [0.717, 1.165) is 18.5 Å². The summed E-state index contributed by atoms with van der Waals surface area (Å²) in [5, 5.41) is 13.5. The van der Waals surface area contributed by atoms with Crippen molar-refractivity contribution in [2.45, 2.75) is 37.6 Å². The molecule has 0 amide bonds. The van der Waals surface area contributed by atoms with Crippen LogP contribution in [0.25, 0.3) is 11.8 Å². The second kappa shape index (κ2) is 5.91. The van der Waals surface area contributed by atoms with Crippen molar-refractivity contribution >= 4 is 17.6 Å². The van der Waals surface area contributed by atoms with E-state index in [9.17, 15) is 5.11 Å². The highest BCUT2D eigenvalue weighted by Gasteiger charge is 2.32. The van der Waals surface area contributed by atoms with Crippen molar-refractivity contribution in [3.05, 3.63) is 46.6 Å². The first-order valence-corrected chi connectivity index (χ1v) is 8.62. The number of hydrogen-bond donors (Lipinski definition) is 5. The number of aromatic hydroxyl groups is 1. The summed E-state index contributed by atoms with van der Waals surface area (Å²) in [7, 11) is 0. The van der Waals surface area contributed by atoms with Crippen molar-refractivity contribution in [2.75, 3.05) is 12.3 Å². The molecule has 5 nitrogen and oxygen atoms in total. The van der Waals surface area contributed by atoms with E-state index in [1.165, 1.54) is 30.5 Å². The van der Waals surface area contributed by atoms with Crippen LogP contribution < -0.4 is 16.8 Å². The molecule has 2 aliphatic rings. The molecule has 1 saturated heterocycles. The molecule has 1 aliphatic carbocycles. The summed E-state index contributed by atoms with van der Waals surface area (Å²) in [6.45, 7) is 1.10. The van der Waals surface area contributed by atoms with Crippen molar-refractivity contribution in [3.63, 3.8) is 0 Å². The quantitative estimate of drug-likeness (QED) is 0.583. The minimum atomic E-state index is 0.187. The lowest BCUT2D eigenvalue weighted by Crippen LogP contribution is -2.44. The highest BCUT2D eigenvalue weighted by atomic mass is 16.3. The van der Waals surface area contributed by atoms with Crippen LogP contribution in [-0.4, -0.2) is 22.7 Å². The second-order valence-electron chi connectivity index (χ2n) is 6.88. The van der Waals surface area contributed by atoms with E-state index < -0.39 is 0 Å². The molecule has 2 heterocycles. The standard InChI is InChI=1S/C19H24N4O/c20-15(13-3-1-2-4-17(13)24)10-14-18(11-5-6-11)16(23-19(14)21)9-12-7-8-22-12/h1-4,10-12,22-24H,5-9,20-21H2/b15-10-. The van der Waals surface area contributed by atoms with Gasteiger partial charge >= 0.3 is 0 Å². The zero-order valence-corrected chi connectivity index (χ0v) is 13.7. The summed E-state index contributed by atoms with van der Waals surface area (Å²) >= 11 is 0. The number of aromatic nitrogens is 1. The summed E-state index contributed by atoms with van der Waals surface area (Å²) in [5.41, 5.74) is 17.3. The molecule has 1 unspecified atom stereocenters. The first-order chi connectivity index (χ1) is 11.6. The fourth-order valence-corrected chi connectivity index (χ4v) is 3.48. The van der Waals surface area contributed by atoms with Gasteiger partial charge in [0.1, 0.15) is 11.6 Å². The van der Waals surface area contributed by atoms with Gasteiger partial charge in [-0.1, -0.05) is 12.1 Å². The zero-order chi connectivity index (χ0) is 16.7. The van der Waals surface area contributed by atoms with Crippen LogP contribution in [0.5, 0.6) is 5.75 Å². The molecule has 1 aromatic carbocycles. The van der Waals surface area contributed by atoms with Crippen LogP contribution >= 0.6 is 0 Å². The van der Waals surface area contributed by atoms with Gasteiger partial charge in [0.05, 0.1) is 0 Å². The van der Waals surface area contributed by atoms with Gasteiger partial charge in [0.25, 0.3) is 0 Å². The number of rotatable bonds is 5. The molecule has 7 N–H and O–H groups in total. The molecule has 5 heteroatoms. The number of phenolic OH excluding ortho intramolecular Hbond substituents is 1. The number of phenols is 1. The van der Waals surface area contributed by atoms with E-state index in [1.807, 2.05) is 18.2 Å². The Bertz CT molecular complexity index is 785. The van der Waals surface area contributed by atoms with Gasteiger partial charge in [-0.15, -0.1) is 0 Å². The van der Waals surface area contributed by atoms with Crippen molar-refractivity contribution < 1.29 is 5.11 Å². The molecular formula is C19H24N4O. The normalized spacial score (nSPS) is 20.8. The Kier molecular flexibility index (Phi) is 3.73. The molecule has 0 spiro atoms. The molecule has 1 aromatic heterocycles. The van der Waals surface area contributed by atoms with E-state index in [1.54, 1.807) is 12.1 Å². The van der Waals surface area contributed by atoms with Crippen molar-refractivity contribution in [1.29, 1.82) is 0 Å². The number of nitrogens with one attached hydrogen (secondary N) is 2. The highest BCUT2D eigenvalue weighted by molar-refractivity contribution is 5.86. The third-order valence-electron chi connectivity index (χ3n) is 5.07. The minimum absolute atomic E-state index is 0.187. The zero-order valence-electron chi connectivity index (χ0n) is 13.7. The van der Waals surface area contributed by atoms with E-state index in [2.05, 4.69) is 10.3 Å². The third-order valence-corrected chi connectivity index (χ3v) is 5.07. The predicted octanol–water partition coefficient (Wildman–Crippen LogP) is 2.54. The van der Waals surface area contributed by atoms with Gasteiger partial charge in [-0.2, -0.15) is 0 Å². The molecule has 24 heavy (non-hydrogen) atoms. The van der Waals surface area contributed by atoms with Crippen LogP contribution in [0.15, 0.2) is 24.3 Å². The average molecular weight is 324 g/mol. The number of hydrogen-bond acceptors (Lipinski definition) is 4. The van der Waals surface area contributed by atoms with Crippen LogP contribution in [0.2, 0.25) is 0 Å². The van der Waals surface area contributed by atoms with Gasteiger partial charge in [-0.3, -0.25) is 0 Å². The molecule has 0 bridgehead atoms. The molecule has 0 radical (unpaired) electrons. The summed E-state index contributed by atoms with van der Waals surface area (Å²) in [4.78, 5) is 3.38. The minimum Gasteiger partial charge on any atom is -0.507 e. The Morgan fingerprint density at radius 3 is 2.62 bits per heavy atom. The highest BCUT2D eigenvalue weighted by Crippen LogP contribution is 2.46. The topological polar surface area (TPSA) is 100 Å². The number of nitrogens with two attached hydrogens (primary N) is 2. The molecule has 4 rings (SSSR count). The number of benzene rings is 1. The summed E-state index contributed by atoms with van der Waals surface area (Å²) < 4.78 is 0. The fraction of sp³-hybridized carbons (Fsp3) is 0.368. The van der Waals surface area contributed by atoms with Crippen molar-refractivity contribution in [2.24, 2.45) is 5.73 Å². The smallest absolute Gasteiger partial charge is 0.124 e. The van der Waals surface area contributed by atoms with Crippen LogP contribution in [-0.2, 0) is 6.42 Å². The largest absolute Gasteiger partial charge is 0.507 e. The lowest BCUT2D eigenvalue weighted by Gasteiger charge is -2.27. The fourth-order valence-electron chi connectivity index (χ4n) is 3.48. The van der Waals surface area contributed by atoms with Gasteiger partial charge in [0.15, 0.2) is 0 Å². The maximum absolute atomic E-state index is 10.0. The first-order valence-electron chi connectivity index (χ1n) is 8.62. The Balaban J connectivity index is 1.71. The predicted molar refractivity (Wildman–Crippen MR) is 97.5 cm³/mol. The van der Waals surface area contributed by atoms with Gasteiger partial charge < -0.3 is 26.9 Å². The summed E-state index contributed by atoms with van der Waals surface area (Å²) in [6.07, 6.45) is 6.53. The number of anilines is 1. The Morgan fingerprint density at radius 1 is 1.25 bits per heavy atom. The molecule has 2 aromatic rings. The van der Waals surface area contributed by atoms with Gasteiger partial charge in [0, 0.05) is 35.0 Å². The number of H-pyrrole nitrogens is 1. The number of aromatic amines is 1. The third kappa shape index (κ3) is 2.76. The van der Waals surface area contributed by atoms with Crippen LogP contribution in [0.3, 0.4) is 0 Å². The molecule has 126 valence electrons. The van der Waals surface area contributed by atoms with Crippen molar-refractivity contribution in [1.82, 2.24) is 10.3 Å². The Labute approximate surface area is 141 Å². The second-order valence-corrected chi connectivity index (χ2v) is 6.88. The van der Waals surface area contributed by atoms with Gasteiger partial charge in [-0.05, 0) is 55.5 Å².